The van der Waals surface area contributed by atoms with Crippen LogP contribution in [0.1, 0.15) is 0 Å². The largest absolute Gasteiger partial charge is 0.338 e. The van der Waals surface area contributed by atoms with Gasteiger partial charge in [-0.3, -0.25) is 4.98 Å². The highest BCUT2D eigenvalue weighted by atomic mass is 19.1. The second-order valence-corrected chi connectivity index (χ2v) is 4.63. The summed E-state index contributed by atoms with van der Waals surface area (Å²) < 4.78 is 13.7. The molecule has 4 heteroatoms. The van der Waals surface area contributed by atoms with Gasteiger partial charge in [-0.25, -0.2) is 9.37 Å². The van der Waals surface area contributed by atoms with Crippen molar-refractivity contribution in [3.8, 4) is 11.4 Å². The lowest BCUT2D eigenvalue weighted by Gasteiger charge is -1.99. The van der Waals surface area contributed by atoms with E-state index in [1.54, 1.807) is 12.3 Å². The van der Waals surface area contributed by atoms with Crippen molar-refractivity contribution in [1.82, 2.24) is 15.0 Å². The zero-order valence-electron chi connectivity index (χ0n) is 10.5. The molecule has 0 aliphatic carbocycles. The van der Waals surface area contributed by atoms with E-state index < -0.39 is 0 Å². The molecule has 0 radical (unpaired) electrons. The number of nitrogens with one attached hydrogen (secondary N) is 1. The summed E-state index contributed by atoms with van der Waals surface area (Å²) in [7, 11) is 0. The molecule has 4 aromatic rings. The Balaban J connectivity index is 1.94. The zero-order valence-corrected chi connectivity index (χ0v) is 10.5. The summed E-state index contributed by atoms with van der Waals surface area (Å²) in [6, 6.07) is 14.7. The first-order valence-corrected chi connectivity index (χ1v) is 6.31. The first-order valence-electron chi connectivity index (χ1n) is 6.31. The molecular weight excluding hydrogens is 253 g/mol. The van der Waals surface area contributed by atoms with Crippen molar-refractivity contribution in [2.75, 3.05) is 0 Å². The molecule has 0 aliphatic rings. The van der Waals surface area contributed by atoms with Crippen LogP contribution in [-0.4, -0.2) is 15.0 Å². The maximum atomic E-state index is 13.7. The summed E-state index contributed by atoms with van der Waals surface area (Å²) in [5.41, 5.74) is 2.92. The van der Waals surface area contributed by atoms with Crippen LogP contribution in [0.5, 0.6) is 0 Å². The molecule has 0 saturated carbocycles. The van der Waals surface area contributed by atoms with Gasteiger partial charge in [0.2, 0.25) is 0 Å². The number of pyridine rings is 1. The van der Waals surface area contributed by atoms with Crippen LogP contribution in [0.15, 0.2) is 54.7 Å². The van der Waals surface area contributed by atoms with Crippen molar-refractivity contribution in [2.45, 2.75) is 0 Å². The Labute approximate surface area is 114 Å². The van der Waals surface area contributed by atoms with Gasteiger partial charge in [0.25, 0.3) is 0 Å². The molecule has 2 aromatic heterocycles. The number of hydrogen-bond donors (Lipinski definition) is 1. The van der Waals surface area contributed by atoms with Crippen molar-refractivity contribution in [3.63, 3.8) is 0 Å². The average molecular weight is 263 g/mol. The van der Waals surface area contributed by atoms with Crippen LogP contribution in [-0.2, 0) is 0 Å². The first kappa shape index (κ1) is 11.1. The topological polar surface area (TPSA) is 41.6 Å². The standard InChI is InChI=1S/C16H10FN3/c17-12-4-1-5-14-15(12)20-16(19-14)11-6-7-13-10(9-11)3-2-8-18-13/h1-9H,(H,19,20). The Morgan fingerprint density at radius 1 is 1.00 bits per heavy atom. The monoisotopic (exact) mass is 263 g/mol. The Morgan fingerprint density at radius 2 is 1.95 bits per heavy atom. The summed E-state index contributed by atoms with van der Waals surface area (Å²) >= 11 is 0. The number of rotatable bonds is 1. The molecule has 2 aromatic carbocycles. The van der Waals surface area contributed by atoms with Crippen molar-refractivity contribution in [1.29, 1.82) is 0 Å². The summed E-state index contributed by atoms with van der Waals surface area (Å²) in [4.78, 5) is 11.8. The molecule has 0 saturated heterocycles. The molecule has 0 aliphatic heterocycles. The van der Waals surface area contributed by atoms with Crippen LogP contribution in [0.2, 0.25) is 0 Å². The summed E-state index contributed by atoms with van der Waals surface area (Å²) in [6.45, 7) is 0. The molecule has 3 nitrogen and oxygen atoms in total. The van der Waals surface area contributed by atoms with Gasteiger partial charge in [0.05, 0.1) is 11.0 Å². The van der Waals surface area contributed by atoms with Gasteiger partial charge in [0.15, 0.2) is 5.82 Å². The molecule has 0 bridgehead atoms. The fourth-order valence-electron chi connectivity index (χ4n) is 2.36. The molecule has 1 N–H and O–H groups in total. The minimum Gasteiger partial charge on any atom is -0.338 e. The maximum Gasteiger partial charge on any atom is 0.151 e. The maximum absolute atomic E-state index is 13.7. The van der Waals surface area contributed by atoms with Gasteiger partial charge in [-0.05, 0) is 36.4 Å². The lowest BCUT2D eigenvalue weighted by Crippen LogP contribution is -1.83. The molecule has 0 fully saturated rings. The molecular formula is C16H10FN3. The normalized spacial score (nSPS) is 11.2. The molecule has 0 unspecified atom stereocenters. The van der Waals surface area contributed by atoms with Gasteiger partial charge in [-0.1, -0.05) is 12.1 Å². The third-order valence-corrected chi connectivity index (χ3v) is 3.34. The molecule has 4 rings (SSSR count). The Bertz CT molecular complexity index is 927. The van der Waals surface area contributed by atoms with Crippen LogP contribution in [0.4, 0.5) is 4.39 Å². The van der Waals surface area contributed by atoms with E-state index in [2.05, 4.69) is 15.0 Å². The predicted octanol–water partition coefficient (Wildman–Crippen LogP) is 3.92. The number of H-pyrrole nitrogens is 1. The van der Waals surface area contributed by atoms with E-state index in [4.69, 9.17) is 0 Å². The van der Waals surface area contributed by atoms with Gasteiger partial charge in [-0.2, -0.15) is 0 Å². The molecule has 0 amide bonds. The highest BCUT2D eigenvalue weighted by molar-refractivity contribution is 5.85. The number of aromatic nitrogens is 3. The van der Waals surface area contributed by atoms with Crippen LogP contribution < -0.4 is 0 Å². The van der Waals surface area contributed by atoms with Crippen LogP contribution in [0, 0.1) is 5.82 Å². The zero-order chi connectivity index (χ0) is 13.5. The third kappa shape index (κ3) is 1.66. The summed E-state index contributed by atoms with van der Waals surface area (Å²) in [5, 5.41) is 1.03. The highest BCUT2D eigenvalue weighted by Crippen LogP contribution is 2.24. The quantitative estimate of drug-likeness (QED) is 0.565. The van der Waals surface area contributed by atoms with E-state index in [9.17, 15) is 4.39 Å². The van der Waals surface area contributed by atoms with Gasteiger partial charge < -0.3 is 4.98 Å². The fraction of sp³-hybridized carbons (Fsp3) is 0. The highest BCUT2D eigenvalue weighted by Gasteiger charge is 2.09. The van der Waals surface area contributed by atoms with Gasteiger partial charge in [0.1, 0.15) is 11.3 Å². The van der Waals surface area contributed by atoms with E-state index in [0.717, 1.165) is 16.5 Å². The van der Waals surface area contributed by atoms with Crippen LogP contribution in [0.3, 0.4) is 0 Å². The van der Waals surface area contributed by atoms with E-state index >= 15 is 0 Å². The summed E-state index contributed by atoms with van der Waals surface area (Å²) in [5.74, 6) is 0.350. The second-order valence-electron chi connectivity index (χ2n) is 4.63. The molecule has 96 valence electrons. The SMILES string of the molecule is Fc1cccc2[nH]c(-c3ccc4ncccc4c3)nc12. The lowest BCUT2D eigenvalue weighted by molar-refractivity contribution is 0.637. The molecule has 2 heterocycles. The number of fused-ring (bicyclic) bond motifs is 2. The number of hydrogen-bond acceptors (Lipinski definition) is 2. The average Bonchev–Trinajstić information content (AvgIpc) is 2.92. The van der Waals surface area contributed by atoms with E-state index in [1.165, 1.54) is 6.07 Å². The summed E-state index contributed by atoms with van der Waals surface area (Å²) in [6.07, 6.45) is 1.76. The predicted molar refractivity (Wildman–Crippen MR) is 76.8 cm³/mol. The molecule has 20 heavy (non-hydrogen) atoms. The first-order chi connectivity index (χ1) is 9.81. The van der Waals surface area contributed by atoms with Crippen molar-refractivity contribution in [3.05, 3.63) is 60.5 Å². The minimum atomic E-state index is -0.313. The van der Waals surface area contributed by atoms with Gasteiger partial charge >= 0.3 is 0 Å². The van der Waals surface area contributed by atoms with E-state index in [0.29, 0.717) is 16.9 Å². The van der Waals surface area contributed by atoms with E-state index in [-0.39, 0.29) is 5.82 Å². The Kier molecular flexibility index (Phi) is 2.29. The van der Waals surface area contributed by atoms with Gasteiger partial charge in [-0.15, -0.1) is 0 Å². The molecule has 0 spiro atoms. The van der Waals surface area contributed by atoms with Crippen LogP contribution in [0.25, 0.3) is 33.3 Å². The Hall–Kier alpha value is -2.75. The van der Waals surface area contributed by atoms with Gasteiger partial charge in [0, 0.05) is 17.1 Å². The number of halogens is 1. The van der Waals surface area contributed by atoms with Crippen molar-refractivity contribution >= 4 is 21.9 Å². The lowest BCUT2D eigenvalue weighted by atomic mass is 10.1. The number of nitrogens with zero attached hydrogens (tertiary/aromatic N) is 2. The van der Waals surface area contributed by atoms with E-state index in [1.807, 2.05) is 36.4 Å². The van der Waals surface area contributed by atoms with Crippen LogP contribution >= 0.6 is 0 Å². The van der Waals surface area contributed by atoms with Crippen molar-refractivity contribution in [2.24, 2.45) is 0 Å². The fourth-order valence-corrected chi connectivity index (χ4v) is 2.36. The number of benzene rings is 2. The Morgan fingerprint density at radius 3 is 2.85 bits per heavy atom. The smallest absolute Gasteiger partial charge is 0.151 e. The minimum absolute atomic E-state index is 0.313. The third-order valence-electron chi connectivity index (χ3n) is 3.34. The number of imidazole rings is 1. The molecule has 0 atom stereocenters. The number of para-hydroxylation sites is 1. The second kappa shape index (κ2) is 4.13. The van der Waals surface area contributed by atoms with Crippen molar-refractivity contribution < 1.29 is 4.39 Å². The number of aromatic amines is 1.